The van der Waals surface area contributed by atoms with Crippen LogP contribution in [-0.2, 0) is 5.41 Å². The number of anilines is 3. The zero-order valence-corrected chi connectivity index (χ0v) is 37.4. The molecule has 0 N–H and O–H groups in total. The van der Waals surface area contributed by atoms with E-state index < -0.39 is 5.41 Å². The summed E-state index contributed by atoms with van der Waals surface area (Å²) in [6.07, 6.45) is 0. The Balaban J connectivity index is 1.14. The molecule has 0 spiro atoms. The van der Waals surface area contributed by atoms with E-state index in [1.54, 1.807) is 0 Å². The minimum Gasteiger partial charge on any atom is -0.309 e. The lowest BCUT2D eigenvalue weighted by molar-refractivity contribution is 0.768. The van der Waals surface area contributed by atoms with Gasteiger partial charge in [0.15, 0.2) is 0 Å². The number of hydrogen-bond donors (Lipinski definition) is 0. The molecule has 2 aliphatic rings. The largest absolute Gasteiger partial charge is 0.309 e. The van der Waals surface area contributed by atoms with Crippen molar-refractivity contribution in [3.05, 3.63) is 295 Å². The van der Waals surface area contributed by atoms with E-state index in [1.807, 2.05) is 0 Å². The molecule has 0 unspecified atom stereocenters. The lowest BCUT2D eigenvalue weighted by Gasteiger charge is -2.35. The van der Waals surface area contributed by atoms with E-state index in [9.17, 15) is 0 Å². The molecule has 0 fully saturated rings. The fraction of sp³-hybridized carbons (Fsp3) is 0.0149. The van der Waals surface area contributed by atoms with Crippen molar-refractivity contribution < 1.29 is 0 Å². The molecule has 1 heteroatoms. The fourth-order valence-electron chi connectivity index (χ4n) is 11.4. The fourth-order valence-corrected chi connectivity index (χ4v) is 11.4. The van der Waals surface area contributed by atoms with E-state index in [4.69, 9.17) is 0 Å². The van der Waals surface area contributed by atoms with Crippen LogP contribution in [0.4, 0.5) is 17.1 Å². The van der Waals surface area contributed by atoms with E-state index >= 15 is 0 Å². The second-order valence-electron chi connectivity index (χ2n) is 17.9. The lowest BCUT2D eigenvalue weighted by atomic mass is 9.68. The highest BCUT2D eigenvalue weighted by atomic mass is 15.1. The maximum Gasteiger partial charge on any atom is 0.0714 e. The first-order valence-corrected chi connectivity index (χ1v) is 23.6. The molecule has 0 radical (unpaired) electrons. The highest BCUT2D eigenvalue weighted by Gasteiger charge is 2.47. The number of fused-ring (bicyclic) bond motifs is 11. The van der Waals surface area contributed by atoms with Crippen molar-refractivity contribution in [3.8, 4) is 77.9 Å². The van der Waals surface area contributed by atoms with Gasteiger partial charge in [0.05, 0.1) is 16.8 Å². The van der Waals surface area contributed by atoms with E-state index in [-0.39, 0.29) is 0 Å². The van der Waals surface area contributed by atoms with E-state index in [0.717, 1.165) is 28.2 Å². The maximum atomic E-state index is 2.56. The molecule has 0 heterocycles. The minimum absolute atomic E-state index is 0.558. The van der Waals surface area contributed by atoms with Crippen molar-refractivity contribution in [2.45, 2.75) is 5.41 Å². The van der Waals surface area contributed by atoms with Gasteiger partial charge in [-0.2, -0.15) is 0 Å². The molecule has 68 heavy (non-hydrogen) atoms. The Morgan fingerprint density at radius 1 is 0.235 bits per heavy atom. The van der Waals surface area contributed by atoms with Gasteiger partial charge < -0.3 is 4.90 Å². The Morgan fingerprint density at radius 2 is 0.676 bits per heavy atom. The third kappa shape index (κ3) is 6.17. The van der Waals surface area contributed by atoms with E-state index in [0.29, 0.717) is 0 Å². The quantitative estimate of drug-likeness (QED) is 0.154. The van der Waals surface area contributed by atoms with Gasteiger partial charge in [-0.1, -0.05) is 243 Å². The average molecular weight is 864 g/mol. The Kier molecular flexibility index (Phi) is 9.47. The molecule has 0 aliphatic heterocycles. The van der Waals surface area contributed by atoms with Crippen LogP contribution in [0.25, 0.3) is 77.9 Å². The summed E-state index contributed by atoms with van der Waals surface area (Å²) < 4.78 is 0. The second kappa shape index (κ2) is 16.3. The molecule has 13 rings (SSSR count). The Bertz CT molecular complexity index is 3620. The third-order valence-corrected chi connectivity index (χ3v) is 14.3. The van der Waals surface area contributed by atoms with Crippen molar-refractivity contribution in [1.29, 1.82) is 0 Å². The first-order valence-electron chi connectivity index (χ1n) is 23.6. The van der Waals surface area contributed by atoms with Crippen molar-refractivity contribution in [3.63, 3.8) is 0 Å². The van der Waals surface area contributed by atoms with Crippen molar-refractivity contribution in [2.75, 3.05) is 4.90 Å². The summed E-state index contributed by atoms with van der Waals surface area (Å²) in [4.78, 5) is 2.56. The molecule has 1 nitrogen and oxygen atoms in total. The molecule has 318 valence electrons. The molecule has 0 saturated heterocycles. The van der Waals surface area contributed by atoms with Crippen molar-refractivity contribution in [1.82, 2.24) is 0 Å². The smallest absolute Gasteiger partial charge is 0.0714 e. The average Bonchev–Trinajstić information content (AvgIpc) is 3.73. The number of hydrogen-bond acceptors (Lipinski definition) is 1. The van der Waals surface area contributed by atoms with Crippen molar-refractivity contribution >= 4 is 17.1 Å². The highest BCUT2D eigenvalue weighted by Crippen LogP contribution is 2.60. The molecule has 11 aromatic rings. The molecule has 0 amide bonds. The van der Waals surface area contributed by atoms with Crippen LogP contribution in [0.2, 0.25) is 0 Å². The third-order valence-electron chi connectivity index (χ3n) is 14.3. The van der Waals surface area contributed by atoms with Crippen LogP contribution in [0.15, 0.2) is 273 Å². The summed E-state index contributed by atoms with van der Waals surface area (Å²) in [5, 5.41) is 0. The predicted octanol–water partition coefficient (Wildman–Crippen LogP) is 17.8. The van der Waals surface area contributed by atoms with Crippen LogP contribution in [-0.4, -0.2) is 0 Å². The summed E-state index contributed by atoms with van der Waals surface area (Å²) in [5.74, 6) is 0. The highest BCUT2D eigenvalue weighted by molar-refractivity contribution is 6.06. The normalized spacial score (nSPS) is 12.5. The summed E-state index contributed by atoms with van der Waals surface area (Å²) in [5.41, 5.74) is 24.7. The Morgan fingerprint density at radius 3 is 1.24 bits per heavy atom. The summed E-state index contributed by atoms with van der Waals surface area (Å²) in [6, 6.07) is 101. The van der Waals surface area contributed by atoms with Crippen LogP contribution in [0, 0.1) is 0 Å². The second-order valence-corrected chi connectivity index (χ2v) is 17.9. The van der Waals surface area contributed by atoms with Gasteiger partial charge in [0.25, 0.3) is 0 Å². The first-order chi connectivity index (χ1) is 33.8. The Labute approximate surface area is 398 Å². The van der Waals surface area contributed by atoms with E-state index in [2.05, 4.69) is 278 Å². The summed E-state index contributed by atoms with van der Waals surface area (Å²) in [7, 11) is 0. The summed E-state index contributed by atoms with van der Waals surface area (Å²) in [6.45, 7) is 0. The van der Waals surface area contributed by atoms with Gasteiger partial charge in [0, 0.05) is 16.8 Å². The van der Waals surface area contributed by atoms with Gasteiger partial charge in [0.2, 0.25) is 0 Å². The molecule has 11 aromatic carbocycles. The van der Waals surface area contributed by atoms with Crippen LogP contribution < -0.4 is 4.90 Å². The molecular weight excluding hydrogens is 819 g/mol. The van der Waals surface area contributed by atoms with Gasteiger partial charge in [-0.05, 0) is 119 Å². The van der Waals surface area contributed by atoms with E-state index in [1.165, 1.54) is 89.0 Å². The van der Waals surface area contributed by atoms with Crippen molar-refractivity contribution in [2.24, 2.45) is 0 Å². The van der Waals surface area contributed by atoms with Gasteiger partial charge in [-0.15, -0.1) is 0 Å². The zero-order chi connectivity index (χ0) is 45.0. The van der Waals surface area contributed by atoms with Gasteiger partial charge in [0.1, 0.15) is 0 Å². The van der Waals surface area contributed by atoms with Crippen LogP contribution in [0.1, 0.15) is 22.3 Å². The predicted molar refractivity (Wildman–Crippen MR) is 285 cm³/mol. The van der Waals surface area contributed by atoms with Gasteiger partial charge in [-0.25, -0.2) is 0 Å². The topological polar surface area (TPSA) is 3.24 Å². The number of nitrogens with zero attached hydrogens (tertiary/aromatic N) is 1. The van der Waals surface area contributed by atoms with Crippen LogP contribution in [0.5, 0.6) is 0 Å². The van der Waals surface area contributed by atoms with Gasteiger partial charge >= 0.3 is 0 Å². The molecule has 2 aliphatic carbocycles. The number of benzene rings is 11. The molecule has 0 saturated carbocycles. The number of rotatable bonds is 7. The molecule has 0 bridgehead atoms. The summed E-state index contributed by atoms with van der Waals surface area (Å²) >= 11 is 0. The molecule has 0 aromatic heterocycles. The molecular formula is C67H45N. The lowest BCUT2D eigenvalue weighted by Crippen LogP contribution is -2.28. The van der Waals surface area contributed by atoms with Crippen LogP contribution in [0.3, 0.4) is 0 Å². The first kappa shape index (κ1) is 39.6. The zero-order valence-electron chi connectivity index (χ0n) is 37.4. The maximum absolute atomic E-state index is 2.56. The standard InChI is InChI=1S/C67H45N/c1-5-22-46(23-6-1)48-40-43-64(60(44-48)47-24-7-2-8-25-47)68(51-41-42-58-56-34-16-15-32-54(56)52-30-13-14-31-53(52)55-33-17-18-35-57(55)61(58)45-51)65-39-21-38-63-66(65)59-36-19-20-37-62(59)67(63,49-26-9-3-10-27-49)50-28-11-4-12-29-50/h1-45H. The SMILES string of the molecule is c1ccc(-c2ccc(N(c3ccc4c(c3)-c3ccccc3-c3ccccc3-c3ccccc3-4)c3cccc4c3-c3ccccc3C4(c3ccccc3)c3ccccc3)c(-c3ccccc3)c2)cc1. The molecule has 0 atom stereocenters. The Hall–Kier alpha value is -8.78. The minimum atomic E-state index is -0.558. The monoisotopic (exact) mass is 863 g/mol. The van der Waals surface area contributed by atoms with Crippen LogP contribution >= 0.6 is 0 Å². The van der Waals surface area contributed by atoms with Gasteiger partial charge in [-0.3, -0.25) is 0 Å².